The van der Waals surface area contributed by atoms with E-state index in [2.05, 4.69) is 65.4 Å². The van der Waals surface area contributed by atoms with Gasteiger partial charge in [0.15, 0.2) is 0 Å². The molecule has 1 aromatic carbocycles. The maximum atomic E-state index is 3.98. The fraction of sp³-hybridized carbons (Fsp3) is 0. The van der Waals surface area contributed by atoms with Crippen molar-refractivity contribution in [2.75, 3.05) is 0 Å². The second kappa shape index (κ2) is 9.37. The van der Waals surface area contributed by atoms with E-state index in [4.69, 9.17) is 0 Å². The Kier molecular flexibility index (Phi) is 5.78. The molecule has 3 heterocycles. The molecule has 0 saturated carbocycles. The van der Waals surface area contributed by atoms with Crippen molar-refractivity contribution >= 4 is 0 Å². The molecule has 0 atom stereocenters. The summed E-state index contributed by atoms with van der Waals surface area (Å²) in [5.74, 6) is 18.5. The Labute approximate surface area is 173 Å². The predicted molar refractivity (Wildman–Crippen MR) is 110 cm³/mol. The molecular formula is C24H12N6. The highest BCUT2D eigenvalue weighted by atomic mass is 14.8. The molecule has 0 aliphatic heterocycles. The normalized spacial score (nSPS) is 9.20. The van der Waals surface area contributed by atoms with Gasteiger partial charge in [-0.15, -0.1) is 0 Å². The first-order chi connectivity index (χ1) is 14.8. The third-order valence-corrected chi connectivity index (χ3v) is 3.67. The molecule has 0 aliphatic rings. The smallest absolute Gasteiger partial charge is 0.115 e. The summed E-state index contributed by atoms with van der Waals surface area (Å²) in [7, 11) is 0. The fourth-order valence-corrected chi connectivity index (χ4v) is 2.37. The van der Waals surface area contributed by atoms with E-state index in [0.29, 0.717) is 0 Å². The summed E-state index contributed by atoms with van der Waals surface area (Å²) in [6, 6.07) is 5.72. The third-order valence-electron chi connectivity index (χ3n) is 3.67. The summed E-state index contributed by atoms with van der Waals surface area (Å²) in [4.78, 5) is 23.9. The van der Waals surface area contributed by atoms with Crippen molar-refractivity contribution in [1.82, 2.24) is 29.9 Å². The Bertz CT molecular complexity index is 1150. The number of rotatable bonds is 0. The lowest BCUT2D eigenvalue weighted by Gasteiger charge is -1.97. The van der Waals surface area contributed by atoms with Gasteiger partial charge in [-0.25, -0.2) is 29.9 Å². The number of nitrogens with zero attached hydrogens (tertiary/aromatic N) is 6. The highest BCUT2D eigenvalue weighted by Crippen LogP contribution is 2.09. The zero-order valence-electron chi connectivity index (χ0n) is 15.6. The summed E-state index contributed by atoms with van der Waals surface area (Å²) in [5.41, 5.74) is 4.52. The number of hydrogen-bond acceptors (Lipinski definition) is 6. The molecule has 0 aliphatic carbocycles. The average molecular weight is 384 g/mol. The van der Waals surface area contributed by atoms with Crippen LogP contribution in [0.4, 0.5) is 0 Å². The maximum Gasteiger partial charge on any atom is 0.115 e. The van der Waals surface area contributed by atoms with Gasteiger partial charge >= 0.3 is 0 Å². The van der Waals surface area contributed by atoms with Crippen molar-refractivity contribution in [2.45, 2.75) is 0 Å². The second-order valence-electron chi connectivity index (χ2n) is 5.93. The first kappa shape index (κ1) is 18.5. The summed E-state index contributed by atoms with van der Waals surface area (Å²) in [5, 5.41) is 0. The van der Waals surface area contributed by atoms with Crippen molar-refractivity contribution in [3.63, 3.8) is 0 Å². The molecule has 0 saturated heterocycles. The van der Waals surface area contributed by atoms with E-state index in [9.17, 15) is 0 Å². The maximum absolute atomic E-state index is 3.98. The summed E-state index contributed by atoms with van der Waals surface area (Å²) < 4.78 is 0. The third kappa shape index (κ3) is 5.33. The molecule has 0 spiro atoms. The standard InChI is InChI=1S/C24H12N6/c1(4-22-10-25-16-26-11-22)19-7-20(2-5-23-12-27-17-28-13-23)9-21(8-19)3-6-24-14-29-18-30-15-24/h7-18H. The Balaban J connectivity index is 1.71. The van der Waals surface area contributed by atoms with E-state index in [1.807, 2.05) is 18.2 Å². The van der Waals surface area contributed by atoms with E-state index in [1.165, 1.54) is 19.0 Å². The van der Waals surface area contributed by atoms with Crippen molar-refractivity contribution < 1.29 is 0 Å². The minimum atomic E-state index is 0.726. The lowest BCUT2D eigenvalue weighted by Crippen LogP contribution is -1.86. The average Bonchev–Trinajstić information content (AvgIpc) is 2.82. The molecule has 3 aromatic heterocycles. The molecular weight excluding hydrogens is 372 g/mol. The Morgan fingerprint density at radius 1 is 0.333 bits per heavy atom. The van der Waals surface area contributed by atoms with Crippen LogP contribution in [0.25, 0.3) is 0 Å². The Morgan fingerprint density at radius 3 is 0.833 bits per heavy atom. The van der Waals surface area contributed by atoms with E-state index in [1.54, 1.807) is 37.2 Å². The second-order valence-corrected chi connectivity index (χ2v) is 5.93. The first-order valence-corrected chi connectivity index (χ1v) is 8.81. The van der Waals surface area contributed by atoms with Crippen LogP contribution in [0.1, 0.15) is 33.4 Å². The molecule has 0 fully saturated rings. The Hall–Kier alpha value is -4.86. The molecule has 6 heteroatoms. The van der Waals surface area contributed by atoms with Crippen molar-refractivity contribution in [1.29, 1.82) is 0 Å². The van der Waals surface area contributed by atoms with Crippen LogP contribution >= 0.6 is 0 Å². The highest BCUT2D eigenvalue weighted by Gasteiger charge is 1.98. The molecule has 30 heavy (non-hydrogen) atoms. The van der Waals surface area contributed by atoms with Crippen molar-refractivity contribution in [3.05, 3.63) is 108 Å². The molecule has 4 rings (SSSR count). The van der Waals surface area contributed by atoms with Crippen LogP contribution in [0.15, 0.2) is 74.4 Å². The van der Waals surface area contributed by atoms with Gasteiger partial charge in [-0.1, -0.05) is 35.5 Å². The van der Waals surface area contributed by atoms with Crippen molar-refractivity contribution in [3.8, 4) is 35.5 Å². The summed E-state index contributed by atoms with van der Waals surface area (Å²) >= 11 is 0. The minimum Gasteiger partial charge on any atom is -0.244 e. The number of benzene rings is 1. The summed E-state index contributed by atoms with van der Waals surface area (Å²) in [6.07, 6.45) is 14.4. The van der Waals surface area contributed by atoms with Crippen molar-refractivity contribution in [2.24, 2.45) is 0 Å². The van der Waals surface area contributed by atoms with Crippen LogP contribution in [-0.2, 0) is 0 Å². The zero-order chi connectivity index (χ0) is 20.4. The van der Waals surface area contributed by atoms with E-state index >= 15 is 0 Å². The van der Waals surface area contributed by atoms with E-state index < -0.39 is 0 Å². The molecule has 4 aromatic rings. The van der Waals surface area contributed by atoms with Crippen LogP contribution in [0.2, 0.25) is 0 Å². The van der Waals surface area contributed by atoms with Crippen LogP contribution in [0, 0.1) is 35.5 Å². The molecule has 6 nitrogen and oxygen atoms in total. The lowest BCUT2D eigenvalue weighted by molar-refractivity contribution is 1.16. The molecule has 0 amide bonds. The lowest BCUT2D eigenvalue weighted by atomic mass is 10.1. The largest absolute Gasteiger partial charge is 0.244 e. The van der Waals surface area contributed by atoms with Gasteiger partial charge < -0.3 is 0 Å². The predicted octanol–water partition coefficient (Wildman–Crippen LogP) is 2.26. The fourth-order valence-electron chi connectivity index (χ4n) is 2.37. The molecule has 0 unspecified atom stereocenters. The van der Waals surface area contributed by atoms with Crippen LogP contribution < -0.4 is 0 Å². The van der Waals surface area contributed by atoms with Gasteiger partial charge in [-0.3, -0.25) is 0 Å². The van der Waals surface area contributed by atoms with Gasteiger partial charge in [0.25, 0.3) is 0 Å². The molecule has 0 N–H and O–H groups in total. The molecule has 0 bridgehead atoms. The topological polar surface area (TPSA) is 77.3 Å². The van der Waals surface area contributed by atoms with Gasteiger partial charge in [-0.05, 0) is 18.2 Å². The van der Waals surface area contributed by atoms with Crippen LogP contribution in [-0.4, -0.2) is 29.9 Å². The van der Waals surface area contributed by atoms with Crippen LogP contribution in [0.5, 0.6) is 0 Å². The number of hydrogen-bond donors (Lipinski definition) is 0. The molecule has 0 radical (unpaired) electrons. The van der Waals surface area contributed by atoms with E-state index in [-0.39, 0.29) is 0 Å². The Morgan fingerprint density at radius 2 is 0.567 bits per heavy atom. The first-order valence-electron chi connectivity index (χ1n) is 8.81. The number of aromatic nitrogens is 6. The van der Waals surface area contributed by atoms with Gasteiger partial charge in [0.1, 0.15) is 19.0 Å². The van der Waals surface area contributed by atoms with Gasteiger partial charge in [0, 0.05) is 53.9 Å². The van der Waals surface area contributed by atoms with Gasteiger partial charge in [-0.2, -0.15) is 0 Å². The SMILES string of the molecule is C(#Cc1cc(C#Cc2cncnc2)cc(C#Cc2cncnc2)c1)c1cncnc1. The van der Waals surface area contributed by atoms with Gasteiger partial charge in [0.05, 0.1) is 16.7 Å². The van der Waals surface area contributed by atoms with E-state index in [0.717, 1.165) is 33.4 Å². The minimum absolute atomic E-state index is 0.726. The summed E-state index contributed by atoms with van der Waals surface area (Å²) in [6.45, 7) is 0. The van der Waals surface area contributed by atoms with Crippen LogP contribution in [0.3, 0.4) is 0 Å². The monoisotopic (exact) mass is 384 g/mol. The van der Waals surface area contributed by atoms with Gasteiger partial charge in [0.2, 0.25) is 0 Å². The quantitative estimate of drug-likeness (QED) is 0.433. The zero-order valence-corrected chi connectivity index (χ0v) is 15.6. The molecule has 138 valence electrons. The highest BCUT2D eigenvalue weighted by molar-refractivity contribution is 5.54.